The monoisotopic (exact) mass is 298 g/mol. The lowest BCUT2D eigenvalue weighted by molar-refractivity contribution is -0.0588. The summed E-state index contributed by atoms with van der Waals surface area (Å²) in [5.74, 6) is 0.725. The van der Waals surface area contributed by atoms with Crippen LogP contribution in [0.25, 0.3) is 0 Å². The molecule has 0 aromatic heterocycles. The second-order valence-electron chi connectivity index (χ2n) is 8.05. The van der Waals surface area contributed by atoms with Crippen molar-refractivity contribution >= 4 is 0 Å². The summed E-state index contributed by atoms with van der Waals surface area (Å²) in [7, 11) is 1.86. The van der Waals surface area contributed by atoms with Gasteiger partial charge in [-0.25, -0.2) is 0 Å². The summed E-state index contributed by atoms with van der Waals surface area (Å²) >= 11 is 0. The van der Waals surface area contributed by atoms with E-state index >= 15 is 0 Å². The zero-order chi connectivity index (χ0) is 15.9. The van der Waals surface area contributed by atoms with Crippen LogP contribution in [0.4, 0.5) is 0 Å². The molecule has 0 saturated carbocycles. The summed E-state index contributed by atoms with van der Waals surface area (Å²) in [6.07, 6.45) is 5.00. The first kappa shape index (κ1) is 18.9. The van der Waals surface area contributed by atoms with Crippen molar-refractivity contribution in [2.45, 2.75) is 65.9 Å². The van der Waals surface area contributed by atoms with Gasteiger partial charge in [0.05, 0.1) is 5.60 Å². The highest BCUT2D eigenvalue weighted by Crippen LogP contribution is 2.29. The van der Waals surface area contributed by atoms with Crippen LogP contribution in [0.1, 0.15) is 60.3 Å². The standard InChI is InChI=1S/C18H38N2O/c1-7-9-17(4,13-19-12-16(2)3)14-20-11-8-10-18(5,15-20)21-6/h16,19H,7-15H2,1-6H3. The van der Waals surface area contributed by atoms with E-state index in [-0.39, 0.29) is 5.60 Å². The topological polar surface area (TPSA) is 24.5 Å². The molecule has 126 valence electrons. The zero-order valence-electron chi connectivity index (χ0n) is 15.3. The SMILES string of the molecule is CCCC(C)(CNCC(C)C)CN1CCCC(C)(OC)C1. The van der Waals surface area contributed by atoms with E-state index in [4.69, 9.17) is 4.74 Å². The van der Waals surface area contributed by atoms with Crippen LogP contribution >= 0.6 is 0 Å². The summed E-state index contributed by atoms with van der Waals surface area (Å²) in [5, 5.41) is 3.68. The summed E-state index contributed by atoms with van der Waals surface area (Å²) in [5.41, 5.74) is 0.423. The smallest absolute Gasteiger partial charge is 0.0777 e. The number of nitrogens with one attached hydrogen (secondary N) is 1. The highest BCUT2D eigenvalue weighted by Gasteiger charge is 2.34. The molecule has 0 bridgehead atoms. The van der Waals surface area contributed by atoms with E-state index in [0.717, 1.165) is 25.6 Å². The van der Waals surface area contributed by atoms with Gasteiger partial charge in [0.25, 0.3) is 0 Å². The molecule has 3 heteroatoms. The number of ether oxygens (including phenoxy) is 1. The normalized spacial score (nSPS) is 27.0. The maximum Gasteiger partial charge on any atom is 0.0777 e. The van der Waals surface area contributed by atoms with E-state index in [1.807, 2.05) is 7.11 Å². The number of piperidine rings is 1. The molecular weight excluding hydrogens is 260 g/mol. The second-order valence-corrected chi connectivity index (χ2v) is 8.05. The molecule has 0 aliphatic carbocycles. The van der Waals surface area contributed by atoms with Gasteiger partial charge in [0.15, 0.2) is 0 Å². The van der Waals surface area contributed by atoms with Crippen LogP contribution in [0.5, 0.6) is 0 Å². The molecule has 1 N–H and O–H groups in total. The fourth-order valence-corrected chi connectivity index (χ4v) is 3.64. The third-order valence-corrected chi connectivity index (χ3v) is 4.79. The molecule has 1 rings (SSSR count). The van der Waals surface area contributed by atoms with Gasteiger partial charge >= 0.3 is 0 Å². The first-order valence-electron chi connectivity index (χ1n) is 8.81. The number of likely N-dealkylation sites (tertiary alicyclic amines) is 1. The van der Waals surface area contributed by atoms with E-state index in [2.05, 4.69) is 44.8 Å². The van der Waals surface area contributed by atoms with Crippen molar-refractivity contribution in [1.82, 2.24) is 10.2 Å². The average Bonchev–Trinajstić information content (AvgIpc) is 2.38. The highest BCUT2D eigenvalue weighted by atomic mass is 16.5. The molecule has 2 atom stereocenters. The number of nitrogens with zero attached hydrogens (tertiary/aromatic N) is 1. The molecule has 1 heterocycles. The Labute approximate surface area is 132 Å². The van der Waals surface area contributed by atoms with Crippen LogP contribution in [0.15, 0.2) is 0 Å². The zero-order valence-corrected chi connectivity index (χ0v) is 15.3. The summed E-state index contributed by atoms with van der Waals surface area (Å²) < 4.78 is 5.74. The van der Waals surface area contributed by atoms with Crippen LogP contribution < -0.4 is 5.32 Å². The Morgan fingerprint density at radius 1 is 1.38 bits per heavy atom. The van der Waals surface area contributed by atoms with Crippen molar-refractivity contribution in [3.05, 3.63) is 0 Å². The first-order valence-corrected chi connectivity index (χ1v) is 8.81. The predicted molar refractivity (Wildman–Crippen MR) is 91.8 cm³/mol. The van der Waals surface area contributed by atoms with E-state index in [0.29, 0.717) is 5.41 Å². The van der Waals surface area contributed by atoms with Gasteiger partial charge in [0.2, 0.25) is 0 Å². The Kier molecular flexibility index (Phi) is 7.66. The number of hydrogen-bond acceptors (Lipinski definition) is 3. The Hall–Kier alpha value is -0.120. The molecule has 0 radical (unpaired) electrons. The molecular formula is C18H38N2O. The van der Waals surface area contributed by atoms with E-state index in [9.17, 15) is 0 Å². The minimum Gasteiger partial charge on any atom is -0.377 e. The van der Waals surface area contributed by atoms with Gasteiger partial charge in [0.1, 0.15) is 0 Å². The first-order chi connectivity index (χ1) is 9.82. The molecule has 1 saturated heterocycles. The maximum absolute atomic E-state index is 5.74. The van der Waals surface area contributed by atoms with Gasteiger partial charge in [-0.2, -0.15) is 0 Å². The fourth-order valence-electron chi connectivity index (χ4n) is 3.64. The Morgan fingerprint density at radius 3 is 2.67 bits per heavy atom. The summed E-state index contributed by atoms with van der Waals surface area (Å²) in [4.78, 5) is 2.62. The summed E-state index contributed by atoms with van der Waals surface area (Å²) in [6.45, 7) is 17.3. The molecule has 3 nitrogen and oxygen atoms in total. The molecule has 1 aliphatic heterocycles. The largest absolute Gasteiger partial charge is 0.377 e. The predicted octanol–water partition coefficient (Wildman–Crippen LogP) is 3.54. The molecule has 0 aromatic carbocycles. The van der Waals surface area contributed by atoms with E-state index < -0.39 is 0 Å². The average molecular weight is 299 g/mol. The number of methoxy groups -OCH3 is 1. The number of hydrogen-bond donors (Lipinski definition) is 1. The minimum atomic E-state index is 0.0523. The van der Waals surface area contributed by atoms with Crippen molar-refractivity contribution in [3.8, 4) is 0 Å². The molecule has 0 spiro atoms. The minimum absolute atomic E-state index is 0.0523. The number of rotatable bonds is 9. The van der Waals surface area contributed by atoms with Gasteiger partial charge < -0.3 is 10.1 Å². The molecule has 0 amide bonds. The third-order valence-electron chi connectivity index (χ3n) is 4.79. The molecule has 21 heavy (non-hydrogen) atoms. The van der Waals surface area contributed by atoms with Crippen LogP contribution in [0.2, 0.25) is 0 Å². The Balaban J connectivity index is 2.55. The van der Waals surface area contributed by atoms with Crippen molar-refractivity contribution in [2.75, 3.05) is 39.8 Å². The van der Waals surface area contributed by atoms with Gasteiger partial charge in [-0.15, -0.1) is 0 Å². The molecule has 0 aromatic rings. The molecule has 1 fully saturated rings. The van der Waals surface area contributed by atoms with Crippen molar-refractivity contribution in [1.29, 1.82) is 0 Å². The van der Waals surface area contributed by atoms with Crippen LogP contribution in [-0.4, -0.2) is 50.3 Å². The van der Waals surface area contributed by atoms with Gasteiger partial charge in [-0.3, -0.25) is 4.90 Å². The van der Waals surface area contributed by atoms with Gasteiger partial charge in [-0.1, -0.05) is 34.1 Å². The van der Waals surface area contributed by atoms with Crippen molar-refractivity contribution in [2.24, 2.45) is 11.3 Å². The highest BCUT2D eigenvalue weighted by molar-refractivity contribution is 4.89. The maximum atomic E-state index is 5.74. The van der Waals surface area contributed by atoms with Gasteiger partial charge in [0, 0.05) is 26.7 Å². The van der Waals surface area contributed by atoms with Crippen molar-refractivity contribution < 1.29 is 4.74 Å². The fraction of sp³-hybridized carbons (Fsp3) is 1.00. The lowest BCUT2D eigenvalue weighted by Gasteiger charge is -2.43. The van der Waals surface area contributed by atoms with Crippen molar-refractivity contribution in [3.63, 3.8) is 0 Å². The lowest BCUT2D eigenvalue weighted by Crippen LogP contribution is -2.52. The second kappa shape index (κ2) is 8.50. The molecule has 2 unspecified atom stereocenters. The lowest BCUT2D eigenvalue weighted by atomic mass is 9.83. The van der Waals surface area contributed by atoms with E-state index in [1.165, 1.54) is 38.8 Å². The third kappa shape index (κ3) is 6.66. The molecule has 1 aliphatic rings. The Bertz CT molecular complexity index is 295. The van der Waals surface area contributed by atoms with Crippen LogP contribution in [0, 0.1) is 11.3 Å². The Morgan fingerprint density at radius 2 is 2.10 bits per heavy atom. The van der Waals surface area contributed by atoms with Gasteiger partial charge in [-0.05, 0) is 50.6 Å². The summed E-state index contributed by atoms with van der Waals surface area (Å²) in [6, 6.07) is 0. The van der Waals surface area contributed by atoms with Crippen LogP contribution in [-0.2, 0) is 4.74 Å². The van der Waals surface area contributed by atoms with E-state index in [1.54, 1.807) is 0 Å². The quantitative estimate of drug-likeness (QED) is 0.704. The van der Waals surface area contributed by atoms with Crippen LogP contribution in [0.3, 0.4) is 0 Å².